The molecule has 2 aromatic rings. The first-order valence-corrected chi connectivity index (χ1v) is 7.26. The summed E-state index contributed by atoms with van der Waals surface area (Å²) in [6, 6.07) is 14.9. The lowest BCUT2D eigenvalue weighted by molar-refractivity contribution is -0.137. The molecule has 2 aromatic carbocycles. The maximum atomic E-state index is 12.7. The number of alkyl halides is 3. The molecule has 0 amide bonds. The van der Waals surface area contributed by atoms with Crippen molar-refractivity contribution in [3.8, 4) is 11.8 Å². The van der Waals surface area contributed by atoms with Gasteiger partial charge in [0.05, 0.1) is 11.1 Å². The van der Waals surface area contributed by atoms with Gasteiger partial charge in [0.2, 0.25) is 0 Å². The minimum Gasteiger partial charge on any atom is -0.297 e. The molecule has 1 N–H and O–H groups in total. The van der Waals surface area contributed by atoms with Gasteiger partial charge in [0.15, 0.2) is 0 Å². The normalized spacial score (nSPS) is 11.7. The Kier molecular flexibility index (Phi) is 5.12. The molecule has 0 aromatic heterocycles. The summed E-state index contributed by atoms with van der Waals surface area (Å²) in [4.78, 5) is 0. The summed E-state index contributed by atoms with van der Waals surface area (Å²) in [6.45, 7) is 4.44. The third kappa shape index (κ3) is 5.46. The molecule has 0 saturated heterocycles. The van der Waals surface area contributed by atoms with Crippen LogP contribution in [-0.4, -0.2) is 5.54 Å². The van der Waals surface area contributed by atoms with Crippen molar-refractivity contribution in [2.75, 3.05) is 0 Å². The van der Waals surface area contributed by atoms with E-state index in [1.165, 1.54) is 6.07 Å². The van der Waals surface area contributed by atoms with E-state index in [1.54, 1.807) is 6.07 Å². The Morgan fingerprint density at radius 2 is 1.65 bits per heavy atom. The van der Waals surface area contributed by atoms with Crippen molar-refractivity contribution in [3.05, 3.63) is 71.3 Å². The van der Waals surface area contributed by atoms with Crippen molar-refractivity contribution in [2.45, 2.75) is 32.1 Å². The van der Waals surface area contributed by atoms with Crippen LogP contribution in [0.3, 0.4) is 0 Å². The second-order valence-corrected chi connectivity index (χ2v) is 5.79. The molecule has 0 heterocycles. The summed E-state index contributed by atoms with van der Waals surface area (Å²) >= 11 is 0. The van der Waals surface area contributed by atoms with Crippen LogP contribution in [-0.2, 0) is 12.7 Å². The number of halogens is 3. The molecule has 0 radical (unpaired) electrons. The third-order valence-electron chi connectivity index (χ3n) is 3.29. The topological polar surface area (TPSA) is 12.0 Å². The summed E-state index contributed by atoms with van der Waals surface area (Å²) in [5, 5.41) is 3.29. The molecular formula is C19H18F3N. The van der Waals surface area contributed by atoms with E-state index in [4.69, 9.17) is 0 Å². The number of hydrogen-bond acceptors (Lipinski definition) is 1. The molecule has 0 bridgehead atoms. The lowest BCUT2D eigenvalue weighted by Gasteiger charge is -2.20. The van der Waals surface area contributed by atoms with Crippen molar-refractivity contribution in [3.63, 3.8) is 0 Å². The Bertz CT molecular complexity index is 707. The quantitative estimate of drug-likeness (QED) is 0.814. The van der Waals surface area contributed by atoms with Gasteiger partial charge in [-0.15, -0.1) is 0 Å². The minimum absolute atomic E-state index is 0.356. The lowest BCUT2D eigenvalue weighted by Crippen LogP contribution is -2.37. The van der Waals surface area contributed by atoms with Crippen LogP contribution in [0.25, 0.3) is 0 Å². The van der Waals surface area contributed by atoms with E-state index in [0.717, 1.165) is 17.7 Å². The molecule has 0 spiro atoms. The first kappa shape index (κ1) is 17.1. The van der Waals surface area contributed by atoms with E-state index in [-0.39, 0.29) is 0 Å². The maximum absolute atomic E-state index is 12.7. The zero-order valence-electron chi connectivity index (χ0n) is 13.0. The van der Waals surface area contributed by atoms with Gasteiger partial charge in [-0.05, 0) is 37.6 Å². The van der Waals surface area contributed by atoms with Crippen molar-refractivity contribution < 1.29 is 13.2 Å². The molecule has 23 heavy (non-hydrogen) atoms. The third-order valence-corrected chi connectivity index (χ3v) is 3.29. The Morgan fingerprint density at radius 1 is 0.957 bits per heavy atom. The fourth-order valence-corrected chi connectivity index (χ4v) is 1.96. The molecule has 2 rings (SSSR count). The van der Waals surface area contributed by atoms with Gasteiger partial charge < -0.3 is 0 Å². The molecule has 0 fully saturated rings. The number of hydrogen-bond donors (Lipinski definition) is 1. The Balaban J connectivity index is 2.07. The van der Waals surface area contributed by atoms with Gasteiger partial charge in [-0.3, -0.25) is 5.32 Å². The summed E-state index contributed by atoms with van der Waals surface area (Å²) in [6.07, 6.45) is -4.35. The molecule has 4 heteroatoms. The van der Waals surface area contributed by atoms with Gasteiger partial charge in [0, 0.05) is 12.1 Å². The molecule has 1 nitrogen and oxygen atoms in total. The highest BCUT2D eigenvalue weighted by Gasteiger charge is 2.30. The Hall–Kier alpha value is -2.25. The van der Waals surface area contributed by atoms with E-state index in [1.807, 2.05) is 44.2 Å². The summed E-state index contributed by atoms with van der Waals surface area (Å²) in [7, 11) is 0. The number of benzene rings is 2. The van der Waals surface area contributed by atoms with Gasteiger partial charge >= 0.3 is 6.18 Å². The molecular weight excluding hydrogens is 299 g/mol. The molecule has 0 aliphatic carbocycles. The number of rotatable bonds is 3. The molecule has 0 saturated carbocycles. The van der Waals surface area contributed by atoms with Crippen LogP contribution in [0.2, 0.25) is 0 Å². The highest BCUT2D eigenvalue weighted by atomic mass is 19.4. The number of nitrogens with one attached hydrogen (secondary N) is 1. The zero-order chi connectivity index (χ0) is 16.9. The predicted molar refractivity (Wildman–Crippen MR) is 85.7 cm³/mol. The fourth-order valence-electron chi connectivity index (χ4n) is 1.96. The van der Waals surface area contributed by atoms with Crippen LogP contribution in [0, 0.1) is 11.8 Å². The lowest BCUT2D eigenvalue weighted by atomic mass is 10.0. The van der Waals surface area contributed by atoms with Crippen LogP contribution in [0.4, 0.5) is 13.2 Å². The maximum Gasteiger partial charge on any atom is 0.416 e. The molecule has 0 aliphatic heterocycles. The summed E-state index contributed by atoms with van der Waals surface area (Å²) < 4.78 is 38.1. The summed E-state index contributed by atoms with van der Waals surface area (Å²) in [5.74, 6) is 5.82. The van der Waals surface area contributed by atoms with Crippen molar-refractivity contribution in [2.24, 2.45) is 0 Å². The first-order valence-electron chi connectivity index (χ1n) is 7.26. The Labute approximate surface area is 134 Å². The van der Waals surface area contributed by atoms with Crippen LogP contribution >= 0.6 is 0 Å². The van der Waals surface area contributed by atoms with Crippen LogP contribution < -0.4 is 5.32 Å². The SMILES string of the molecule is CC(C)(C#Cc1cccc(C(F)(F)F)c1)NCc1ccccc1. The molecule has 0 atom stereocenters. The largest absolute Gasteiger partial charge is 0.416 e. The van der Waals surface area contributed by atoms with E-state index in [9.17, 15) is 13.2 Å². The van der Waals surface area contributed by atoms with Crippen molar-refractivity contribution >= 4 is 0 Å². The van der Waals surface area contributed by atoms with Crippen LogP contribution in [0.5, 0.6) is 0 Å². The first-order chi connectivity index (χ1) is 10.8. The van der Waals surface area contributed by atoms with Gasteiger partial charge in [-0.25, -0.2) is 0 Å². The highest BCUT2D eigenvalue weighted by Crippen LogP contribution is 2.29. The minimum atomic E-state index is -4.35. The molecule has 0 unspecified atom stereocenters. The second kappa shape index (κ2) is 6.89. The fraction of sp³-hybridized carbons (Fsp3) is 0.263. The van der Waals surface area contributed by atoms with Gasteiger partial charge in [-0.1, -0.05) is 48.2 Å². The van der Waals surface area contributed by atoms with Crippen molar-refractivity contribution in [1.82, 2.24) is 5.32 Å². The second-order valence-electron chi connectivity index (χ2n) is 5.79. The van der Waals surface area contributed by atoms with Crippen LogP contribution in [0.1, 0.15) is 30.5 Å². The molecule has 120 valence electrons. The van der Waals surface area contributed by atoms with E-state index < -0.39 is 17.3 Å². The van der Waals surface area contributed by atoms with Gasteiger partial charge in [-0.2, -0.15) is 13.2 Å². The smallest absolute Gasteiger partial charge is 0.297 e. The van der Waals surface area contributed by atoms with E-state index in [0.29, 0.717) is 12.1 Å². The van der Waals surface area contributed by atoms with E-state index in [2.05, 4.69) is 17.2 Å². The van der Waals surface area contributed by atoms with Crippen LogP contribution in [0.15, 0.2) is 54.6 Å². The van der Waals surface area contributed by atoms with Gasteiger partial charge in [0.25, 0.3) is 0 Å². The van der Waals surface area contributed by atoms with Gasteiger partial charge in [0.1, 0.15) is 0 Å². The van der Waals surface area contributed by atoms with E-state index >= 15 is 0 Å². The summed E-state index contributed by atoms with van der Waals surface area (Å²) in [5.41, 5.74) is 0.291. The average Bonchev–Trinajstić information content (AvgIpc) is 2.52. The zero-order valence-corrected chi connectivity index (χ0v) is 13.0. The predicted octanol–water partition coefficient (Wildman–Crippen LogP) is 4.63. The monoisotopic (exact) mass is 317 g/mol. The standard InChI is InChI=1S/C19H18F3N/c1-18(2,23-14-16-7-4-3-5-8-16)12-11-15-9-6-10-17(13-15)19(20,21)22/h3-10,13,23H,14H2,1-2H3. The Morgan fingerprint density at radius 3 is 2.30 bits per heavy atom. The van der Waals surface area contributed by atoms with Crippen molar-refractivity contribution in [1.29, 1.82) is 0 Å². The highest BCUT2D eigenvalue weighted by molar-refractivity contribution is 5.39. The average molecular weight is 317 g/mol. The molecule has 0 aliphatic rings.